The van der Waals surface area contributed by atoms with Gasteiger partial charge in [-0.3, -0.25) is 9.59 Å². The van der Waals surface area contributed by atoms with Gasteiger partial charge >= 0.3 is 5.97 Å². The van der Waals surface area contributed by atoms with Gasteiger partial charge < -0.3 is 5.11 Å². The van der Waals surface area contributed by atoms with E-state index in [0.717, 1.165) is 38.5 Å². The van der Waals surface area contributed by atoms with Gasteiger partial charge in [-0.15, -0.1) is 0 Å². The molecule has 1 aliphatic rings. The average Bonchev–Trinajstić information content (AvgIpc) is 2.90. The molecule has 128 valence electrons. The molecule has 0 aliphatic heterocycles. The molecular weight excluding hydrogens is 276 g/mol. The van der Waals surface area contributed by atoms with Crippen LogP contribution in [0.3, 0.4) is 0 Å². The third kappa shape index (κ3) is 13.8. The lowest BCUT2D eigenvalue weighted by Crippen LogP contribution is -1.92. The first-order valence-corrected chi connectivity index (χ1v) is 9.00. The van der Waals surface area contributed by atoms with Crippen molar-refractivity contribution in [3.05, 3.63) is 12.2 Å². The lowest BCUT2D eigenvalue weighted by molar-refractivity contribution is -0.137. The molecular formula is C19H34O3. The smallest absolute Gasteiger partial charge is 0.303 e. The van der Waals surface area contributed by atoms with Crippen LogP contribution in [0.15, 0.2) is 12.2 Å². The number of rotatable bonds is 10. The summed E-state index contributed by atoms with van der Waals surface area (Å²) in [5.41, 5.74) is 0. The molecule has 1 saturated carbocycles. The van der Waals surface area contributed by atoms with E-state index in [-0.39, 0.29) is 0 Å². The van der Waals surface area contributed by atoms with E-state index in [2.05, 4.69) is 26.0 Å². The normalized spacial score (nSPS) is 17.5. The van der Waals surface area contributed by atoms with Crippen LogP contribution in [-0.4, -0.2) is 16.9 Å². The van der Waals surface area contributed by atoms with Gasteiger partial charge in [-0.1, -0.05) is 58.1 Å². The summed E-state index contributed by atoms with van der Waals surface area (Å²) in [6.07, 6.45) is 16.9. The highest BCUT2D eigenvalue weighted by molar-refractivity contribution is 5.80. The molecule has 0 aromatic carbocycles. The molecule has 22 heavy (non-hydrogen) atoms. The van der Waals surface area contributed by atoms with Crippen LogP contribution in [0.4, 0.5) is 0 Å². The topological polar surface area (TPSA) is 54.4 Å². The van der Waals surface area contributed by atoms with Gasteiger partial charge in [0.1, 0.15) is 5.78 Å². The minimum atomic E-state index is -0.675. The first-order chi connectivity index (χ1) is 10.6. The second-order valence-electron chi connectivity index (χ2n) is 6.17. The molecule has 3 heteroatoms. The summed E-state index contributed by atoms with van der Waals surface area (Å²) < 4.78 is 0. The number of hydrogen-bond acceptors (Lipinski definition) is 2. The minimum Gasteiger partial charge on any atom is -0.481 e. The minimum absolute atomic E-state index is 0.333. The molecule has 0 saturated heterocycles. The van der Waals surface area contributed by atoms with E-state index in [1.165, 1.54) is 32.1 Å². The molecule has 1 rings (SSSR count). The SMILES string of the molecule is CCCCC/C=C/[C@H]1CCC(=O)C1.CCCCCCC(=O)O. The van der Waals surface area contributed by atoms with E-state index in [9.17, 15) is 9.59 Å². The Labute approximate surface area is 136 Å². The van der Waals surface area contributed by atoms with Crippen molar-refractivity contribution in [3.8, 4) is 0 Å². The Hall–Kier alpha value is -1.12. The Balaban J connectivity index is 0.000000433. The predicted molar refractivity (Wildman–Crippen MR) is 92.0 cm³/mol. The fourth-order valence-electron chi connectivity index (χ4n) is 2.51. The summed E-state index contributed by atoms with van der Waals surface area (Å²) in [4.78, 5) is 20.9. The second-order valence-corrected chi connectivity index (χ2v) is 6.17. The summed E-state index contributed by atoms with van der Waals surface area (Å²) in [5, 5.41) is 8.21. The zero-order valence-corrected chi connectivity index (χ0v) is 14.5. The molecule has 0 aromatic heterocycles. The van der Waals surface area contributed by atoms with Crippen LogP contribution in [0.5, 0.6) is 0 Å². The summed E-state index contributed by atoms with van der Waals surface area (Å²) in [7, 11) is 0. The lowest BCUT2D eigenvalue weighted by atomic mass is 10.1. The fourth-order valence-corrected chi connectivity index (χ4v) is 2.51. The van der Waals surface area contributed by atoms with Crippen molar-refractivity contribution in [1.29, 1.82) is 0 Å². The van der Waals surface area contributed by atoms with Gasteiger partial charge in [0.25, 0.3) is 0 Å². The predicted octanol–water partition coefficient (Wildman–Crippen LogP) is 5.53. The van der Waals surface area contributed by atoms with Gasteiger partial charge in [0.15, 0.2) is 0 Å². The number of allylic oxidation sites excluding steroid dienone is 2. The summed E-state index contributed by atoms with van der Waals surface area (Å²) in [5.74, 6) is 0.337. The number of carbonyl (C=O) groups is 2. The van der Waals surface area contributed by atoms with Crippen molar-refractivity contribution in [2.45, 2.75) is 90.9 Å². The van der Waals surface area contributed by atoms with Crippen LogP contribution in [0, 0.1) is 5.92 Å². The van der Waals surface area contributed by atoms with E-state index in [1.54, 1.807) is 0 Å². The Morgan fingerprint density at radius 3 is 2.36 bits per heavy atom. The molecule has 1 fully saturated rings. The third-order valence-corrected chi connectivity index (χ3v) is 3.91. The zero-order chi connectivity index (χ0) is 16.6. The molecule has 0 heterocycles. The molecule has 1 N–H and O–H groups in total. The summed E-state index contributed by atoms with van der Waals surface area (Å²) >= 11 is 0. The van der Waals surface area contributed by atoms with Crippen LogP contribution < -0.4 is 0 Å². The molecule has 0 radical (unpaired) electrons. The Bertz CT molecular complexity index is 321. The Morgan fingerprint density at radius 1 is 1.14 bits per heavy atom. The number of unbranched alkanes of at least 4 members (excludes halogenated alkanes) is 6. The van der Waals surface area contributed by atoms with Gasteiger partial charge in [-0.05, 0) is 31.6 Å². The van der Waals surface area contributed by atoms with E-state index < -0.39 is 5.97 Å². The van der Waals surface area contributed by atoms with E-state index in [0.29, 0.717) is 18.1 Å². The third-order valence-electron chi connectivity index (χ3n) is 3.91. The lowest BCUT2D eigenvalue weighted by Gasteiger charge is -1.98. The summed E-state index contributed by atoms with van der Waals surface area (Å²) in [6.45, 7) is 4.33. The fraction of sp³-hybridized carbons (Fsp3) is 0.789. The monoisotopic (exact) mass is 310 g/mol. The maximum Gasteiger partial charge on any atom is 0.303 e. The molecule has 1 atom stereocenters. The van der Waals surface area contributed by atoms with Gasteiger partial charge in [0.2, 0.25) is 0 Å². The molecule has 0 spiro atoms. The van der Waals surface area contributed by atoms with Crippen LogP contribution in [0.25, 0.3) is 0 Å². The van der Waals surface area contributed by atoms with Crippen molar-refractivity contribution in [1.82, 2.24) is 0 Å². The zero-order valence-electron chi connectivity index (χ0n) is 14.5. The van der Waals surface area contributed by atoms with E-state index in [4.69, 9.17) is 5.11 Å². The quantitative estimate of drug-likeness (QED) is 0.426. The van der Waals surface area contributed by atoms with Gasteiger partial charge in [0, 0.05) is 19.3 Å². The molecule has 0 amide bonds. The first kappa shape index (κ1) is 20.9. The number of carboxylic acid groups (broad SMARTS) is 1. The number of hydrogen-bond donors (Lipinski definition) is 1. The van der Waals surface area contributed by atoms with Crippen molar-refractivity contribution in [2.24, 2.45) is 5.92 Å². The van der Waals surface area contributed by atoms with Crippen LogP contribution in [-0.2, 0) is 9.59 Å². The highest BCUT2D eigenvalue weighted by atomic mass is 16.4. The number of aliphatic carboxylic acids is 1. The molecule has 3 nitrogen and oxygen atoms in total. The van der Waals surface area contributed by atoms with Crippen LogP contribution in [0.1, 0.15) is 90.9 Å². The maximum atomic E-state index is 11.0. The van der Waals surface area contributed by atoms with Crippen molar-refractivity contribution in [3.63, 3.8) is 0 Å². The van der Waals surface area contributed by atoms with Gasteiger partial charge in [0.05, 0.1) is 0 Å². The van der Waals surface area contributed by atoms with Crippen molar-refractivity contribution < 1.29 is 14.7 Å². The maximum absolute atomic E-state index is 11.0. The second kappa shape index (κ2) is 14.8. The summed E-state index contributed by atoms with van der Waals surface area (Å²) in [6, 6.07) is 0. The van der Waals surface area contributed by atoms with E-state index >= 15 is 0 Å². The highest BCUT2D eigenvalue weighted by Gasteiger charge is 2.18. The Morgan fingerprint density at radius 2 is 1.82 bits per heavy atom. The van der Waals surface area contributed by atoms with Crippen LogP contribution >= 0.6 is 0 Å². The van der Waals surface area contributed by atoms with Crippen molar-refractivity contribution in [2.75, 3.05) is 0 Å². The average molecular weight is 310 g/mol. The highest BCUT2D eigenvalue weighted by Crippen LogP contribution is 2.23. The molecule has 0 unspecified atom stereocenters. The standard InChI is InChI=1S/C12H20O.C7H14O2/c1-2-3-4-5-6-7-11-8-9-12(13)10-11;1-2-3-4-5-6-7(8)9/h6-7,11H,2-5,8-10H2,1H3;2-6H2,1H3,(H,8,9)/b7-6+;/t11-;/m0./s1. The van der Waals surface area contributed by atoms with Crippen LogP contribution in [0.2, 0.25) is 0 Å². The largest absolute Gasteiger partial charge is 0.481 e. The van der Waals surface area contributed by atoms with E-state index in [1.807, 2.05) is 0 Å². The number of Topliss-reactive ketones (excluding diaryl/α,β-unsaturated/α-hetero) is 1. The number of carboxylic acids is 1. The Kier molecular flexibility index (Phi) is 14.0. The molecule has 0 bridgehead atoms. The van der Waals surface area contributed by atoms with Gasteiger partial charge in [-0.25, -0.2) is 0 Å². The molecule has 1 aliphatic carbocycles. The molecule has 0 aromatic rings. The van der Waals surface area contributed by atoms with Gasteiger partial charge in [-0.2, -0.15) is 0 Å². The number of ketones is 1. The number of carbonyl (C=O) groups excluding carboxylic acids is 1. The van der Waals surface area contributed by atoms with Crippen molar-refractivity contribution >= 4 is 11.8 Å². The first-order valence-electron chi connectivity index (χ1n) is 9.00.